The lowest BCUT2D eigenvalue weighted by atomic mass is 10.1. The van der Waals surface area contributed by atoms with E-state index in [1.165, 1.54) is 0 Å². The zero-order valence-electron chi connectivity index (χ0n) is 13.9. The average molecular weight is 318 g/mol. The van der Waals surface area contributed by atoms with Gasteiger partial charge in [0.05, 0.1) is 0 Å². The molecule has 0 aliphatic heterocycles. The maximum absolute atomic E-state index is 12.7. The van der Waals surface area contributed by atoms with E-state index in [0.717, 1.165) is 22.3 Å². The Morgan fingerprint density at radius 1 is 0.727 bits per heavy atom. The Morgan fingerprint density at radius 2 is 1.18 bits per heavy atom. The van der Waals surface area contributed by atoms with E-state index in [9.17, 15) is 8.42 Å². The summed E-state index contributed by atoms with van der Waals surface area (Å²) in [4.78, 5) is 0.261. The summed E-state index contributed by atoms with van der Waals surface area (Å²) in [7, 11) is -3.85. The van der Waals surface area contributed by atoms with Crippen molar-refractivity contribution in [3.63, 3.8) is 0 Å². The summed E-state index contributed by atoms with van der Waals surface area (Å²) in [5, 5.41) is 0. The highest BCUT2D eigenvalue weighted by molar-refractivity contribution is 7.87. The van der Waals surface area contributed by atoms with Crippen LogP contribution in [0.5, 0.6) is 5.75 Å². The molecule has 3 nitrogen and oxygen atoms in total. The van der Waals surface area contributed by atoms with Crippen molar-refractivity contribution < 1.29 is 12.6 Å². The van der Waals surface area contributed by atoms with Crippen molar-refractivity contribution in [1.29, 1.82) is 0 Å². The Hall–Kier alpha value is -1.81. The molecule has 0 fully saturated rings. The van der Waals surface area contributed by atoms with Crippen LogP contribution in [0.2, 0.25) is 0 Å². The molecule has 0 saturated carbocycles. The fourth-order valence-electron chi connectivity index (χ4n) is 2.81. The lowest BCUT2D eigenvalue weighted by Gasteiger charge is -2.15. The molecule has 0 heterocycles. The molecular weight excluding hydrogens is 296 g/mol. The molecule has 0 aliphatic carbocycles. The molecule has 0 amide bonds. The van der Waals surface area contributed by atoms with Gasteiger partial charge in [-0.15, -0.1) is 0 Å². The van der Waals surface area contributed by atoms with Crippen molar-refractivity contribution in [2.45, 2.75) is 46.4 Å². The number of hydrogen-bond donors (Lipinski definition) is 0. The lowest BCUT2D eigenvalue weighted by molar-refractivity contribution is 0.482. The van der Waals surface area contributed by atoms with Gasteiger partial charge < -0.3 is 4.18 Å². The van der Waals surface area contributed by atoms with Crippen LogP contribution in [0.25, 0.3) is 0 Å². The highest BCUT2D eigenvalue weighted by Crippen LogP contribution is 2.29. The first-order valence-electron chi connectivity index (χ1n) is 7.22. The molecule has 0 bridgehead atoms. The van der Waals surface area contributed by atoms with E-state index >= 15 is 0 Å². The van der Waals surface area contributed by atoms with E-state index in [4.69, 9.17) is 4.18 Å². The lowest BCUT2D eigenvalue weighted by Crippen LogP contribution is -2.14. The van der Waals surface area contributed by atoms with Gasteiger partial charge in [0.15, 0.2) is 0 Å². The minimum Gasteiger partial charge on any atom is -0.379 e. The van der Waals surface area contributed by atoms with Crippen LogP contribution in [0.3, 0.4) is 0 Å². The van der Waals surface area contributed by atoms with Crippen LogP contribution in [0.4, 0.5) is 0 Å². The maximum atomic E-state index is 12.7. The molecule has 0 N–H and O–H groups in total. The van der Waals surface area contributed by atoms with E-state index < -0.39 is 10.1 Å². The highest BCUT2D eigenvalue weighted by Gasteiger charge is 2.23. The molecule has 4 heteroatoms. The van der Waals surface area contributed by atoms with Crippen molar-refractivity contribution in [1.82, 2.24) is 0 Å². The van der Waals surface area contributed by atoms with Crippen molar-refractivity contribution in [3.8, 4) is 5.75 Å². The topological polar surface area (TPSA) is 43.4 Å². The number of hydrogen-bond acceptors (Lipinski definition) is 3. The summed E-state index contributed by atoms with van der Waals surface area (Å²) in [5.41, 5.74) is 5.29. The van der Waals surface area contributed by atoms with Crippen LogP contribution in [0.15, 0.2) is 29.2 Å². The molecule has 0 spiro atoms. The molecule has 22 heavy (non-hydrogen) atoms. The zero-order valence-corrected chi connectivity index (χ0v) is 14.8. The van der Waals surface area contributed by atoms with Crippen molar-refractivity contribution in [3.05, 3.63) is 57.6 Å². The standard InChI is InChI=1S/C18H22O3S/c1-11-8-14(4)18(15(5)9-11)22(19,20)21-17-10-12(2)7-13(3)16(17)6/h7-10H,1-6H3. The van der Waals surface area contributed by atoms with Crippen LogP contribution in [0.1, 0.15) is 33.4 Å². The molecule has 0 unspecified atom stereocenters. The summed E-state index contributed by atoms with van der Waals surface area (Å²) in [6.07, 6.45) is 0. The fourth-order valence-corrected chi connectivity index (χ4v) is 4.21. The predicted octanol–water partition coefficient (Wildman–Crippen LogP) is 4.30. The van der Waals surface area contributed by atoms with Crippen molar-refractivity contribution in [2.24, 2.45) is 0 Å². The second-order valence-corrected chi connectivity index (χ2v) is 7.45. The minimum atomic E-state index is -3.85. The predicted molar refractivity (Wildman–Crippen MR) is 89.1 cm³/mol. The van der Waals surface area contributed by atoms with Crippen LogP contribution >= 0.6 is 0 Å². The smallest absolute Gasteiger partial charge is 0.339 e. The molecular formula is C18H22O3S. The Morgan fingerprint density at radius 3 is 1.73 bits per heavy atom. The fraction of sp³-hybridized carbons (Fsp3) is 0.333. The zero-order chi connectivity index (χ0) is 16.7. The largest absolute Gasteiger partial charge is 0.379 e. The summed E-state index contributed by atoms with van der Waals surface area (Å²) < 4.78 is 30.9. The first-order chi connectivity index (χ1) is 10.1. The Labute approximate surface area is 133 Å². The molecule has 2 rings (SSSR count). The van der Waals surface area contributed by atoms with Gasteiger partial charge in [-0.3, -0.25) is 0 Å². The second-order valence-electron chi connectivity index (χ2n) is 5.97. The minimum absolute atomic E-state index is 0.261. The van der Waals surface area contributed by atoms with Crippen LogP contribution in [-0.4, -0.2) is 8.42 Å². The molecule has 0 aromatic heterocycles. The van der Waals surface area contributed by atoms with E-state index in [1.54, 1.807) is 19.9 Å². The first kappa shape index (κ1) is 16.6. The number of benzene rings is 2. The Balaban J connectivity index is 2.54. The molecule has 0 aliphatic rings. The number of rotatable bonds is 3. The molecule has 0 radical (unpaired) electrons. The monoisotopic (exact) mass is 318 g/mol. The van der Waals surface area contributed by atoms with Gasteiger partial charge in [-0.2, -0.15) is 8.42 Å². The Kier molecular flexibility index (Phi) is 4.34. The van der Waals surface area contributed by atoms with Gasteiger partial charge >= 0.3 is 10.1 Å². The van der Waals surface area contributed by atoms with Gasteiger partial charge in [0, 0.05) is 0 Å². The van der Waals surface area contributed by atoms with Gasteiger partial charge in [-0.25, -0.2) is 0 Å². The third-order valence-electron chi connectivity index (χ3n) is 3.82. The van der Waals surface area contributed by atoms with E-state index in [2.05, 4.69) is 0 Å². The maximum Gasteiger partial charge on any atom is 0.339 e. The molecule has 0 saturated heterocycles. The Bertz CT molecular complexity index is 811. The highest BCUT2D eigenvalue weighted by atomic mass is 32.2. The summed E-state index contributed by atoms with van der Waals surface area (Å²) in [6.45, 7) is 11.3. The normalized spacial score (nSPS) is 11.5. The third kappa shape index (κ3) is 3.17. The van der Waals surface area contributed by atoms with Gasteiger partial charge in [-0.1, -0.05) is 23.8 Å². The summed E-state index contributed by atoms with van der Waals surface area (Å²) in [5.74, 6) is 0.400. The van der Waals surface area contributed by atoms with Gasteiger partial charge in [-0.05, 0) is 75.4 Å². The SMILES string of the molecule is Cc1cc(C)c(S(=O)(=O)Oc2cc(C)cc(C)c2C)c(C)c1. The molecule has 118 valence electrons. The molecule has 0 atom stereocenters. The van der Waals surface area contributed by atoms with E-state index in [-0.39, 0.29) is 4.90 Å². The van der Waals surface area contributed by atoms with Gasteiger partial charge in [0.25, 0.3) is 0 Å². The third-order valence-corrected chi connectivity index (χ3v) is 5.36. The van der Waals surface area contributed by atoms with E-state index in [0.29, 0.717) is 16.9 Å². The van der Waals surface area contributed by atoms with Gasteiger partial charge in [0.2, 0.25) is 0 Å². The van der Waals surface area contributed by atoms with Crippen LogP contribution in [0, 0.1) is 41.5 Å². The van der Waals surface area contributed by atoms with Crippen molar-refractivity contribution in [2.75, 3.05) is 0 Å². The molecule has 2 aromatic rings. The van der Waals surface area contributed by atoms with Crippen LogP contribution in [-0.2, 0) is 10.1 Å². The second kappa shape index (κ2) is 5.76. The first-order valence-corrected chi connectivity index (χ1v) is 8.63. The van der Waals surface area contributed by atoms with Crippen molar-refractivity contribution >= 4 is 10.1 Å². The quantitative estimate of drug-likeness (QED) is 0.792. The average Bonchev–Trinajstić information content (AvgIpc) is 2.33. The van der Waals surface area contributed by atoms with E-state index in [1.807, 2.05) is 45.9 Å². The van der Waals surface area contributed by atoms with Crippen LogP contribution < -0.4 is 4.18 Å². The van der Waals surface area contributed by atoms with Gasteiger partial charge in [0.1, 0.15) is 10.6 Å². The summed E-state index contributed by atoms with van der Waals surface area (Å²) in [6, 6.07) is 7.49. The summed E-state index contributed by atoms with van der Waals surface area (Å²) >= 11 is 0. The molecule has 2 aromatic carbocycles. The number of aryl methyl sites for hydroxylation is 5.